The molecule has 62 heavy (non-hydrogen) atoms. The van der Waals surface area contributed by atoms with Crippen molar-refractivity contribution in [2.75, 3.05) is 19.6 Å². The molecular formula is C58H54N4. The summed E-state index contributed by atoms with van der Waals surface area (Å²) < 4.78 is 0. The van der Waals surface area contributed by atoms with Crippen LogP contribution in [-0.4, -0.2) is 5.54 Å². The van der Waals surface area contributed by atoms with Crippen molar-refractivity contribution in [1.82, 2.24) is 0 Å². The second kappa shape index (κ2) is 17.7. The second-order valence-corrected chi connectivity index (χ2v) is 16.7. The van der Waals surface area contributed by atoms with Crippen molar-refractivity contribution in [3.05, 3.63) is 241 Å². The molecule has 0 saturated heterocycles. The number of aryl methyl sites for hydroxylation is 2. The van der Waals surface area contributed by atoms with E-state index >= 15 is 0 Å². The van der Waals surface area contributed by atoms with Crippen LogP contribution < -0.4 is 19.6 Å². The van der Waals surface area contributed by atoms with Crippen LogP contribution >= 0.6 is 0 Å². The van der Waals surface area contributed by atoms with Gasteiger partial charge < -0.3 is 19.6 Å². The number of benzene rings is 7. The van der Waals surface area contributed by atoms with E-state index in [2.05, 4.69) is 266 Å². The zero-order valence-electron chi connectivity index (χ0n) is 36.2. The Labute approximate surface area is 368 Å². The molecule has 7 aromatic rings. The smallest absolute Gasteiger partial charge is 0.0645 e. The van der Waals surface area contributed by atoms with E-state index in [1.54, 1.807) is 0 Å². The lowest BCUT2D eigenvalue weighted by molar-refractivity contribution is 0.566. The first kappa shape index (κ1) is 40.1. The van der Waals surface area contributed by atoms with E-state index < -0.39 is 0 Å². The highest BCUT2D eigenvalue weighted by molar-refractivity contribution is 5.83. The van der Waals surface area contributed by atoms with Crippen LogP contribution in [0.2, 0.25) is 0 Å². The predicted molar refractivity (Wildman–Crippen MR) is 265 cm³/mol. The molecule has 0 amide bonds. The molecular weight excluding hydrogens is 753 g/mol. The van der Waals surface area contributed by atoms with Crippen LogP contribution in [0.25, 0.3) is 0 Å². The van der Waals surface area contributed by atoms with E-state index in [1.807, 2.05) is 0 Å². The van der Waals surface area contributed by atoms with Crippen LogP contribution in [-0.2, 0) is 0 Å². The third-order valence-electron chi connectivity index (χ3n) is 11.9. The first-order valence-corrected chi connectivity index (χ1v) is 21.8. The van der Waals surface area contributed by atoms with Crippen molar-refractivity contribution in [3.8, 4) is 0 Å². The molecule has 4 heteroatoms. The number of anilines is 10. The lowest BCUT2D eigenvalue weighted by Crippen LogP contribution is -2.42. The third-order valence-corrected chi connectivity index (χ3v) is 11.9. The monoisotopic (exact) mass is 806 g/mol. The summed E-state index contributed by atoms with van der Waals surface area (Å²) in [7, 11) is 0. The summed E-state index contributed by atoms with van der Waals surface area (Å²) >= 11 is 0. The summed E-state index contributed by atoms with van der Waals surface area (Å²) in [6.45, 7) is 8.85. The average molecular weight is 807 g/mol. The van der Waals surface area contributed by atoms with Gasteiger partial charge in [-0.05, 0) is 185 Å². The summed E-state index contributed by atoms with van der Waals surface area (Å²) in [6, 6.07) is 66.1. The molecule has 1 atom stereocenters. The van der Waals surface area contributed by atoms with Gasteiger partial charge in [0.15, 0.2) is 0 Å². The van der Waals surface area contributed by atoms with Gasteiger partial charge in [0.05, 0.1) is 5.54 Å². The largest absolute Gasteiger partial charge is 0.332 e. The number of hydrogen-bond acceptors (Lipinski definition) is 4. The van der Waals surface area contributed by atoms with Crippen LogP contribution in [0.3, 0.4) is 0 Å². The Hall–Kier alpha value is -7.30. The zero-order valence-corrected chi connectivity index (χ0v) is 36.2. The Morgan fingerprint density at radius 2 is 0.839 bits per heavy atom. The lowest BCUT2D eigenvalue weighted by Gasteiger charge is -2.42. The summed E-state index contributed by atoms with van der Waals surface area (Å²) in [5.41, 5.74) is 16.0. The second-order valence-electron chi connectivity index (χ2n) is 16.7. The molecule has 0 fully saturated rings. The van der Waals surface area contributed by atoms with Crippen LogP contribution in [0.4, 0.5) is 56.9 Å². The highest BCUT2D eigenvalue weighted by Crippen LogP contribution is 2.44. The van der Waals surface area contributed by atoms with E-state index in [4.69, 9.17) is 0 Å². The number of rotatable bonds is 12. The molecule has 9 rings (SSSR count). The van der Waals surface area contributed by atoms with Gasteiger partial charge in [-0.1, -0.05) is 96.6 Å². The highest BCUT2D eigenvalue weighted by atomic mass is 15.2. The maximum Gasteiger partial charge on any atom is 0.0645 e. The van der Waals surface area contributed by atoms with Crippen molar-refractivity contribution in [1.29, 1.82) is 0 Å². The molecule has 4 nitrogen and oxygen atoms in total. The minimum Gasteiger partial charge on any atom is -0.332 e. The quantitative estimate of drug-likeness (QED) is 0.122. The van der Waals surface area contributed by atoms with Crippen molar-refractivity contribution in [3.63, 3.8) is 0 Å². The molecule has 0 saturated carbocycles. The van der Waals surface area contributed by atoms with Gasteiger partial charge in [-0.25, -0.2) is 0 Å². The van der Waals surface area contributed by atoms with E-state index in [0.717, 1.165) is 64.8 Å². The molecule has 7 aromatic carbocycles. The van der Waals surface area contributed by atoms with Gasteiger partial charge in [-0.2, -0.15) is 0 Å². The first-order valence-electron chi connectivity index (χ1n) is 21.8. The number of para-hydroxylation sites is 2. The molecule has 0 N–H and O–H groups in total. The van der Waals surface area contributed by atoms with Gasteiger partial charge in [0.25, 0.3) is 0 Å². The van der Waals surface area contributed by atoms with Gasteiger partial charge in [0.2, 0.25) is 0 Å². The number of allylic oxidation sites excluding steroid dienone is 6. The van der Waals surface area contributed by atoms with Crippen molar-refractivity contribution in [2.45, 2.75) is 52.5 Å². The maximum atomic E-state index is 2.48. The number of nitrogens with zero attached hydrogens (tertiary/aromatic N) is 4. The zero-order chi connectivity index (χ0) is 42.5. The summed E-state index contributed by atoms with van der Waals surface area (Å²) in [4.78, 5) is 9.59. The van der Waals surface area contributed by atoms with Crippen molar-refractivity contribution < 1.29 is 0 Å². The van der Waals surface area contributed by atoms with E-state index in [1.165, 1.54) is 33.8 Å². The van der Waals surface area contributed by atoms with Crippen molar-refractivity contribution >= 4 is 56.9 Å². The minimum atomic E-state index is -0.221. The molecule has 306 valence electrons. The summed E-state index contributed by atoms with van der Waals surface area (Å²) in [5, 5.41) is 0. The summed E-state index contributed by atoms with van der Waals surface area (Å²) in [5.74, 6) is 0. The normalized spacial score (nSPS) is 15.7. The van der Waals surface area contributed by atoms with Gasteiger partial charge in [0.1, 0.15) is 0 Å². The summed E-state index contributed by atoms with van der Waals surface area (Å²) in [6.07, 6.45) is 16.6. The average Bonchev–Trinajstić information content (AvgIpc) is 3.29. The maximum absolute atomic E-state index is 2.48. The molecule has 2 aliphatic carbocycles. The van der Waals surface area contributed by atoms with Crippen LogP contribution in [0.15, 0.2) is 230 Å². The van der Waals surface area contributed by atoms with Gasteiger partial charge in [0, 0.05) is 62.6 Å². The standard InChI is InChI=1S/C58H54N4/c1-44-17-14-26-56(41-44)60(47-20-8-5-9-21-47)52-32-28-49(29-33-52)59(50-30-34-53(35-31-50)61(48-22-10-6-11-23-48)57-27-15-18-45(2)42-57)51-36-38-55(39-37-51)62(54-24-12-7-13-25-54)58(4)40-16-19-46(3)43-58/h5-10,12-22,24-39,41-43H,11,23,40H2,1-4H3/t58-/m0/s1. The molecule has 0 spiro atoms. The molecule has 2 aliphatic rings. The Morgan fingerprint density at radius 3 is 1.32 bits per heavy atom. The van der Waals surface area contributed by atoms with Gasteiger partial charge in [-0.15, -0.1) is 0 Å². The molecule has 0 heterocycles. The fourth-order valence-electron chi connectivity index (χ4n) is 9.07. The Balaban J connectivity index is 1.13. The van der Waals surface area contributed by atoms with Crippen molar-refractivity contribution in [2.24, 2.45) is 0 Å². The number of hydrogen-bond donors (Lipinski definition) is 0. The predicted octanol–water partition coefficient (Wildman–Crippen LogP) is 16.4. The molecule has 0 bridgehead atoms. The highest BCUT2D eigenvalue weighted by Gasteiger charge is 2.32. The fourth-order valence-corrected chi connectivity index (χ4v) is 9.07. The SMILES string of the molecule is CC1=C[C@@](C)(N(c2ccccc2)c2ccc(N(c3ccc(N(C4=CC=CCC4)c4cccc(C)c4)cc3)c3ccc(N(c4ccccc4)c4cccc(C)c4)cc3)cc2)CC=C1. The van der Waals surface area contributed by atoms with E-state index in [0.29, 0.717) is 0 Å². The van der Waals surface area contributed by atoms with Crippen LogP contribution in [0.5, 0.6) is 0 Å². The van der Waals surface area contributed by atoms with Gasteiger partial charge >= 0.3 is 0 Å². The minimum absolute atomic E-state index is 0.221. The van der Waals surface area contributed by atoms with Crippen LogP contribution in [0, 0.1) is 13.8 Å². The fraction of sp³-hybridized carbons (Fsp3) is 0.138. The first-order chi connectivity index (χ1) is 30.3. The topological polar surface area (TPSA) is 13.0 Å². The molecule has 0 aromatic heterocycles. The Morgan fingerprint density at radius 1 is 0.419 bits per heavy atom. The molecule has 0 aliphatic heterocycles. The van der Waals surface area contributed by atoms with E-state index in [-0.39, 0.29) is 5.54 Å². The molecule has 0 radical (unpaired) electrons. The Bertz CT molecular complexity index is 2750. The van der Waals surface area contributed by atoms with Crippen LogP contribution in [0.1, 0.15) is 44.2 Å². The van der Waals surface area contributed by atoms with Gasteiger partial charge in [-0.3, -0.25) is 0 Å². The molecule has 0 unspecified atom stereocenters. The lowest BCUT2D eigenvalue weighted by atomic mass is 9.87. The third kappa shape index (κ3) is 8.50. The Kier molecular flexibility index (Phi) is 11.5. The van der Waals surface area contributed by atoms with E-state index in [9.17, 15) is 0 Å².